The third-order valence-corrected chi connectivity index (χ3v) is 2.50. The van der Waals surface area contributed by atoms with E-state index >= 15 is 0 Å². The highest BCUT2D eigenvalue weighted by atomic mass is 16.5. The van der Waals surface area contributed by atoms with Crippen molar-refractivity contribution in [1.29, 1.82) is 0 Å². The molecule has 1 rings (SSSR count). The molecule has 0 bridgehead atoms. The molecule has 1 heteroatoms. The van der Waals surface area contributed by atoms with Crippen LogP contribution in [0, 0.1) is 5.92 Å². The van der Waals surface area contributed by atoms with E-state index in [9.17, 15) is 0 Å². The first kappa shape index (κ1) is 16.0. The molecule has 1 aliphatic rings. The van der Waals surface area contributed by atoms with Crippen molar-refractivity contribution >= 4 is 0 Å². The lowest BCUT2D eigenvalue weighted by Gasteiger charge is -2.08. The van der Waals surface area contributed by atoms with E-state index < -0.39 is 0 Å². The van der Waals surface area contributed by atoms with Gasteiger partial charge in [0.25, 0.3) is 0 Å². The molecule has 17 heavy (non-hydrogen) atoms. The Morgan fingerprint density at radius 3 is 2.65 bits per heavy atom. The van der Waals surface area contributed by atoms with Crippen LogP contribution < -0.4 is 0 Å². The minimum Gasteiger partial charge on any atom is -0.494 e. The highest BCUT2D eigenvalue weighted by molar-refractivity contribution is 5.13. The molecule has 0 saturated heterocycles. The van der Waals surface area contributed by atoms with Gasteiger partial charge in [-0.15, -0.1) is 0 Å². The summed E-state index contributed by atoms with van der Waals surface area (Å²) in [6.07, 6.45) is 14.2. The van der Waals surface area contributed by atoms with Crippen LogP contribution in [0.15, 0.2) is 36.6 Å². The predicted octanol–water partition coefficient (Wildman–Crippen LogP) is 5.26. The molecule has 98 valence electrons. The van der Waals surface area contributed by atoms with Crippen LogP contribution in [0.1, 0.15) is 52.9 Å². The highest BCUT2D eigenvalue weighted by Gasteiger charge is 1.97. The van der Waals surface area contributed by atoms with Crippen LogP contribution in [-0.4, -0.2) is 6.61 Å². The minimum absolute atomic E-state index is 0.625. The molecule has 0 atom stereocenters. The Morgan fingerprint density at radius 1 is 1.47 bits per heavy atom. The van der Waals surface area contributed by atoms with Gasteiger partial charge >= 0.3 is 0 Å². The van der Waals surface area contributed by atoms with Crippen LogP contribution in [0.4, 0.5) is 0 Å². The Bertz CT molecular complexity index is 236. The van der Waals surface area contributed by atoms with Gasteiger partial charge in [-0.2, -0.15) is 0 Å². The minimum atomic E-state index is 0.625. The maximum atomic E-state index is 5.32. The second-order valence-electron chi connectivity index (χ2n) is 4.74. The summed E-state index contributed by atoms with van der Waals surface area (Å²) in [7, 11) is 0. The molecule has 0 aromatic rings. The standard InChI is InChI=1S/C9H12O.C7H16/c1-2-8-10-9-6-4-3-5-7-9;1-4-5-6-7(2)3/h2-4,6H,1,5,7-8H2;7H,4-6H2,1-3H3. The fourth-order valence-corrected chi connectivity index (χ4v) is 1.48. The first-order valence-electron chi connectivity index (χ1n) is 6.80. The fraction of sp³-hybridized carbons (Fsp3) is 0.625. The van der Waals surface area contributed by atoms with Crippen molar-refractivity contribution < 1.29 is 4.74 Å². The number of allylic oxidation sites excluding steroid dienone is 4. The van der Waals surface area contributed by atoms with Crippen LogP contribution in [0.5, 0.6) is 0 Å². The smallest absolute Gasteiger partial charge is 0.106 e. The van der Waals surface area contributed by atoms with Gasteiger partial charge in [-0.05, 0) is 18.4 Å². The Morgan fingerprint density at radius 2 is 2.24 bits per heavy atom. The summed E-state index contributed by atoms with van der Waals surface area (Å²) < 4.78 is 5.32. The fourth-order valence-electron chi connectivity index (χ4n) is 1.48. The molecule has 0 aromatic heterocycles. The van der Waals surface area contributed by atoms with Crippen molar-refractivity contribution in [3.63, 3.8) is 0 Å². The van der Waals surface area contributed by atoms with E-state index in [1.165, 1.54) is 19.3 Å². The Balaban J connectivity index is 0.000000325. The number of ether oxygens (including phenoxy) is 1. The quantitative estimate of drug-likeness (QED) is 0.572. The summed E-state index contributed by atoms with van der Waals surface area (Å²) >= 11 is 0. The molecule has 0 radical (unpaired) electrons. The summed E-state index contributed by atoms with van der Waals surface area (Å²) in [5.41, 5.74) is 0. The number of hydrogen-bond donors (Lipinski definition) is 0. The maximum Gasteiger partial charge on any atom is 0.106 e. The van der Waals surface area contributed by atoms with Gasteiger partial charge in [0.1, 0.15) is 6.61 Å². The molecule has 0 unspecified atom stereocenters. The molecule has 0 saturated carbocycles. The molecule has 0 aliphatic heterocycles. The van der Waals surface area contributed by atoms with E-state index in [1.54, 1.807) is 6.08 Å². The molecular formula is C16H28O. The van der Waals surface area contributed by atoms with Gasteiger partial charge in [-0.25, -0.2) is 0 Å². The number of hydrogen-bond acceptors (Lipinski definition) is 1. The third-order valence-electron chi connectivity index (χ3n) is 2.50. The van der Waals surface area contributed by atoms with Crippen LogP contribution in [0.25, 0.3) is 0 Å². The summed E-state index contributed by atoms with van der Waals surface area (Å²) in [5.74, 6) is 1.97. The van der Waals surface area contributed by atoms with E-state index in [0.717, 1.165) is 24.5 Å². The zero-order valence-corrected chi connectivity index (χ0v) is 11.7. The summed E-state index contributed by atoms with van der Waals surface area (Å²) in [6.45, 7) is 11.0. The normalized spacial score (nSPS) is 13.8. The Labute approximate surface area is 107 Å². The van der Waals surface area contributed by atoms with Crippen LogP contribution >= 0.6 is 0 Å². The molecule has 0 amide bonds. The zero-order valence-electron chi connectivity index (χ0n) is 11.7. The van der Waals surface area contributed by atoms with E-state index in [4.69, 9.17) is 4.74 Å². The maximum absolute atomic E-state index is 5.32. The van der Waals surface area contributed by atoms with Crippen LogP contribution in [0.3, 0.4) is 0 Å². The lowest BCUT2D eigenvalue weighted by molar-refractivity contribution is 0.235. The van der Waals surface area contributed by atoms with Crippen molar-refractivity contribution in [2.75, 3.05) is 6.61 Å². The summed E-state index contributed by atoms with van der Waals surface area (Å²) in [6, 6.07) is 0. The van der Waals surface area contributed by atoms with Gasteiger partial charge in [0, 0.05) is 6.42 Å². The number of rotatable bonds is 6. The molecule has 0 N–H and O–H groups in total. The molecule has 0 fully saturated rings. The van der Waals surface area contributed by atoms with E-state index in [-0.39, 0.29) is 0 Å². The van der Waals surface area contributed by atoms with Crippen molar-refractivity contribution in [3.8, 4) is 0 Å². The van der Waals surface area contributed by atoms with Gasteiger partial charge in [0.2, 0.25) is 0 Å². The highest BCUT2D eigenvalue weighted by Crippen LogP contribution is 2.12. The van der Waals surface area contributed by atoms with E-state index in [2.05, 4.69) is 33.4 Å². The van der Waals surface area contributed by atoms with Crippen molar-refractivity contribution in [3.05, 3.63) is 36.6 Å². The lowest BCUT2D eigenvalue weighted by atomic mass is 10.1. The Hall–Kier alpha value is -0.980. The predicted molar refractivity (Wildman–Crippen MR) is 77.0 cm³/mol. The second kappa shape index (κ2) is 11.5. The second-order valence-corrected chi connectivity index (χ2v) is 4.74. The molecule has 1 nitrogen and oxygen atoms in total. The van der Waals surface area contributed by atoms with Gasteiger partial charge in [0.15, 0.2) is 0 Å². The van der Waals surface area contributed by atoms with Crippen LogP contribution in [-0.2, 0) is 4.74 Å². The van der Waals surface area contributed by atoms with Gasteiger partial charge in [-0.1, -0.05) is 64.8 Å². The van der Waals surface area contributed by atoms with Crippen molar-refractivity contribution in [1.82, 2.24) is 0 Å². The van der Waals surface area contributed by atoms with E-state index in [1.807, 2.05) is 12.2 Å². The monoisotopic (exact) mass is 236 g/mol. The number of unbranched alkanes of at least 4 members (excludes halogenated alkanes) is 1. The molecule has 0 spiro atoms. The average Bonchev–Trinajstić information content (AvgIpc) is 2.36. The van der Waals surface area contributed by atoms with E-state index in [0.29, 0.717) is 6.61 Å². The largest absolute Gasteiger partial charge is 0.494 e. The van der Waals surface area contributed by atoms with Gasteiger partial charge in [-0.3, -0.25) is 0 Å². The summed E-state index contributed by atoms with van der Waals surface area (Å²) in [5, 5.41) is 0. The summed E-state index contributed by atoms with van der Waals surface area (Å²) in [4.78, 5) is 0. The topological polar surface area (TPSA) is 9.23 Å². The molecule has 0 heterocycles. The van der Waals surface area contributed by atoms with Crippen molar-refractivity contribution in [2.24, 2.45) is 5.92 Å². The van der Waals surface area contributed by atoms with Crippen LogP contribution in [0.2, 0.25) is 0 Å². The average molecular weight is 236 g/mol. The first-order valence-corrected chi connectivity index (χ1v) is 6.80. The molecular weight excluding hydrogens is 208 g/mol. The zero-order chi connectivity index (χ0) is 12.9. The van der Waals surface area contributed by atoms with Gasteiger partial charge < -0.3 is 4.74 Å². The SMILES string of the molecule is C=CCOC1=CC=CCC1.CCCCC(C)C. The van der Waals surface area contributed by atoms with Gasteiger partial charge in [0.05, 0.1) is 5.76 Å². The molecule has 0 aromatic carbocycles. The first-order chi connectivity index (χ1) is 8.20. The van der Waals surface area contributed by atoms with Crippen molar-refractivity contribution in [2.45, 2.75) is 52.9 Å². The lowest BCUT2D eigenvalue weighted by Crippen LogP contribution is -1.93. The Kier molecular flexibility index (Phi) is 10.8. The molecule has 1 aliphatic carbocycles. The third kappa shape index (κ3) is 11.3.